The summed E-state index contributed by atoms with van der Waals surface area (Å²) in [5, 5.41) is 0. The largest absolute Gasteiger partial charge is 0.460 e. The van der Waals surface area contributed by atoms with Crippen molar-refractivity contribution in [3.05, 3.63) is 33.8 Å². The molecule has 0 heterocycles. The molecule has 80 valence electrons. The zero-order valence-electron chi connectivity index (χ0n) is 8.54. The molecule has 1 aromatic rings. The molecule has 4 heteroatoms. The molecule has 0 bridgehead atoms. The van der Waals surface area contributed by atoms with Crippen LogP contribution in [0.2, 0.25) is 0 Å². The van der Waals surface area contributed by atoms with Gasteiger partial charge in [0.1, 0.15) is 0 Å². The van der Waals surface area contributed by atoms with Gasteiger partial charge in [0.15, 0.2) is 0 Å². The normalized spacial score (nSPS) is 9.80. The average molecular weight is 271 g/mol. The van der Waals surface area contributed by atoms with Crippen LogP contribution in [0.1, 0.15) is 22.8 Å². The Kier molecular flexibility index (Phi) is 4.03. The molecule has 1 aromatic carbocycles. The van der Waals surface area contributed by atoms with E-state index in [-0.39, 0.29) is 6.61 Å². The Morgan fingerprint density at radius 2 is 2.07 bits per heavy atom. The van der Waals surface area contributed by atoms with Crippen LogP contribution in [-0.4, -0.2) is 18.4 Å². The summed E-state index contributed by atoms with van der Waals surface area (Å²) >= 11 is 3.32. The molecule has 1 rings (SSSR count). The van der Waals surface area contributed by atoms with Gasteiger partial charge in [0.25, 0.3) is 5.78 Å². The predicted octanol–water partition coefficient (Wildman–Crippen LogP) is 2.50. The second-order valence-electron chi connectivity index (χ2n) is 3.01. The van der Waals surface area contributed by atoms with Crippen molar-refractivity contribution in [3.8, 4) is 0 Å². The highest BCUT2D eigenvalue weighted by Crippen LogP contribution is 2.17. The molecule has 0 fully saturated rings. The molecule has 0 aromatic heterocycles. The zero-order chi connectivity index (χ0) is 11.4. The molecular weight excluding hydrogens is 260 g/mol. The molecule has 0 spiro atoms. The van der Waals surface area contributed by atoms with Gasteiger partial charge < -0.3 is 4.74 Å². The molecule has 0 aliphatic heterocycles. The number of benzene rings is 1. The van der Waals surface area contributed by atoms with Crippen LogP contribution in [-0.2, 0) is 9.53 Å². The minimum absolute atomic E-state index is 0.208. The number of rotatable bonds is 3. The quantitative estimate of drug-likeness (QED) is 0.482. The fourth-order valence-corrected chi connectivity index (χ4v) is 1.35. The summed E-state index contributed by atoms with van der Waals surface area (Å²) < 4.78 is 5.53. The van der Waals surface area contributed by atoms with Crippen molar-refractivity contribution in [2.45, 2.75) is 13.8 Å². The van der Waals surface area contributed by atoms with Crippen molar-refractivity contribution in [1.82, 2.24) is 0 Å². The molecule has 0 amide bonds. The highest BCUT2D eigenvalue weighted by Gasteiger charge is 2.17. The Morgan fingerprint density at radius 3 is 2.60 bits per heavy atom. The van der Waals surface area contributed by atoms with Crippen LogP contribution in [0.15, 0.2) is 22.7 Å². The zero-order valence-corrected chi connectivity index (χ0v) is 10.1. The van der Waals surface area contributed by atoms with Gasteiger partial charge in [-0.3, -0.25) is 4.79 Å². The average Bonchev–Trinajstić information content (AvgIpc) is 2.21. The molecule has 0 aliphatic carbocycles. The van der Waals surface area contributed by atoms with Gasteiger partial charge in [-0.2, -0.15) is 0 Å². The van der Waals surface area contributed by atoms with Gasteiger partial charge in [-0.25, -0.2) is 4.79 Å². The van der Waals surface area contributed by atoms with Crippen LogP contribution in [0.3, 0.4) is 0 Å². The fraction of sp³-hybridized carbons (Fsp3) is 0.273. The molecule has 0 radical (unpaired) electrons. The predicted molar refractivity (Wildman–Crippen MR) is 59.8 cm³/mol. The van der Waals surface area contributed by atoms with Gasteiger partial charge in [0.05, 0.1) is 6.61 Å². The van der Waals surface area contributed by atoms with Crippen LogP contribution >= 0.6 is 15.9 Å². The van der Waals surface area contributed by atoms with E-state index >= 15 is 0 Å². The second-order valence-corrected chi connectivity index (χ2v) is 3.87. The van der Waals surface area contributed by atoms with Gasteiger partial charge in [-0.1, -0.05) is 15.9 Å². The van der Waals surface area contributed by atoms with Crippen molar-refractivity contribution < 1.29 is 14.3 Å². The molecule has 0 unspecified atom stereocenters. The first-order valence-corrected chi connectivity index (χ1v) is 5.33. The Labute approximate surface area is 96.6 Å². The van der Waals surface area contributed by atoms with Crippen molar-refractivity contribution in [3.63, 3.8) is 0 Å². The van der Waals surface area contributed by atoms with E-state index in [1.54, 1.807) is 25.1 Å². The lowest BCUT2D eigenvalue weighted by atomic mass is 10.1. The lowest BCUT2D eigenvalue weighted by Gasteiger charge is -2.03. The number of halogens is 1. The number of ketones is 1. The molecule has 15 heavy (non-hydrogen) atoms. The van der Waals surface area contributed by atoms with E-state index in [4.69, 9.17) is 0 Å². The summed E-state index contributed by atoms with van der Waals surface area (Å²) in [6.07, 6.45) is 0. The smallest absolute Gasteiger partial charge is 0.379 e. The summed E-state index contributed by atoms with van der Waals surface area (Å²) in [5.74, 6) is -1.41. The third kappa shape index (κ3) is 2.89. The number of ether oxygens (including phenoxy) is 1. The standard InChI is InChI=1S/C11H11BrO3/c1-3-15-11(14)10(13)8-4-5-9(12)7(2)6-8/h4-6H,3H2,1-2H3. The molecule has 0 aliphatic rings. The number of esters is 1. The Morgan fingerprint density at radius 1 is 1.40 bits per heavy atom. The SMILES string of the molecule is CCOC(=O)C(=O)c1ccc(Br)c(C)c1. The van der Waals surface area contributed by atoms with E-state index < -0.39 is 11.8 Å². The van der Waals surface area contributed by atoms with Gasteiger partial charge in [-0.15, -0.1) is 0 Å². The third-order valence-electron chi connectivity index (χ3n) is 1.88. The van der Waals surface area contributed by atoms with Crippen LogP contribution in [0.4, 0.5) is 0 Å². The van der Waals surface area contributed by atoms with Crippen LogP contribution in [0.25, 0.3) is 0 Å². The fourth-order valence-electron chi connectivity index (χ4n) is 1.10. The van der Waals surface area contributed by atoms with Crippen LogP contribution in [0.5, 0.6) is 0 Å². The Balaban J connectivity index is 2.92. The van der Waals surface area contributed by atoms with E-state index in [9.17, 15) is 9.59 Å². The molecule has 0 saturated heterocycles. The molecule has 0 N–H and O–H groups in total. The maximum atomic E-state index is 11.5. The summed E-state index contributed by atoms with van der Waals surface area (Å²) in [6.45, 7) is 3.73. The summed E-state index contributed by atoms with van der Waals surface area (Å²) in [7, 11) is 0. The maximum absolute atomic E-state index is 11.5. The first-order chi connectivity index (χ1) is 7.06. The summed E-state index contributed by atoms with van der Waals surface area (Å²) in [5.41, 5.74) is 1.26. The Bertz CT molecular complexity index is 399. The van der Waals surface area contributed by atoms with E-state index in [1.807, 2.05) is 6.92 Å². The summed E-state index contributed by atoms with van der Waals surface area (Å²) in [4.78, 5) is 22.7. The van der Waals surface area contributed by atoms with Gasteiger partial charge in [-0.05, 0) is 37.6 Å². The maximum Gasteiger partial charge on any atom is 0.379 e. The molecule has 3 nitrogen and oxygen atoms in total. The first kappa shape index (κ1) is 11.9. The van der Waals surface area contributed by atoms with E-state index in [1.165, 1.54) is 0 Å². The van der Waals surface area contributed by atoms with Crippen molar-refractivity contribution in [2.75, 3.05) is 6.61 Å². The second kappa shape index (κ2) is 5.07. The molecule has 0 atom stereocenters. The van der Waals surface area contributed by atoms with Crippen LogP contribution < -0.4 is 0 Å². The number of hydrogen-bond acceptors (Lipinski definition) is 3. The van der Waals surface area contributed by atoms with Crippen molar-refractivity contribution >= 4 is 27.7 Å². The highest BCUT2D eigenvalue weighted by atomic mass is 79.9. The van der Waals surface area contributed by atoms with E-state index in [0.29, 0.717) is 5.56 Å². The van der Waals surface area contributed by atoms with Gasteiger partial charge in [0, 0.05) is 10.0 Å². The summed E-state index contributed by atoms with van der Waals surface area (Å²) in [6, 6.07) is 4.99. The van der Waals surface area contributed by atoms with Gasteiger partial charge >= 0.3 is 5.97 Å². The number of carbonyl (C=O) groups is 2. The lowest BCUT2D eigenvalue weighted by Crippen LogP contribution is -2.17. The minimum atomic E-state index is -0.806. The topological polar surface area (TPSA) is 43.4 Å². The monoisotopic (exact) mass is 270 g/mol. The number of Topliss-reactive ketones (excluding diaryl/α,β-unsaturated/α-hetero) is 1. The third-order valence-corrected chi connectivity index (χ3v) is 2.77. The minimum Gasteiger partial charge on any atom is -0.460 e. The van der Waals surface area contributed by atoms with Crippen molar-refractivity contribution in [2.24, 2.45) is 0 Å². The van der Waals surface area contributed by atoms with Gasteiger partial charge in [0.2, 0.25) is 0 Å². The lowest BCUT2D eigenvalue weighted by molar-refractivity contribution is -0.137. The molecular formula is C11H11BrO3. The number of aryl methyl sites for hydroxylation is 1. The van der Waals surface area contributed by atoms with E-state index in [2.05, 4.69) is 20.7 Å². The van der Waals surface area contributed by atoms with E-state index in [0.717, 1.165) is 10.0 Å². The van der Waals surface area contributed by atoms with Crippen LogP contribution in [0, 0.1) is 6.92 Å². The van der Waals surface area contributed by atoms with Crippen molar-refractivity contribution in [1.29, 1.82) is 0 Å². The first-order valence-electron chi connectivity index (χ1n) is 4.54. The highest BCUT2D eigenvalue weighted by molar-refractivity contribution is 9.10. The molecule has 0 saturated carbocycles. The number of carbonyl (C=O) groups excluding carboxylic acids is 2. The number of hydrogen-bond donors (Lipinski definition) is 0. The Hall–Kier alpha value is -1.16.